The Morgan fingerprint density at radius 2 is 1.69 bits per heavy atom. The zero-order valence-electron chi connectivity index (χ0n) is 16.0. The van der Waals surface area contributed by atoms with E-state index in [1.165, 1.54) is 10.8 Å². The molecule has 1 saturated heterocycles. The molecule has 5 heteroatoms. The molecule has 1 aliphatic rings. The molecular weight excluding hydrogens is 378 g/mol. The highest BCUT2D eigenvalue weighted by molar-refractivity contribution is 7.99. The number of carbonyl (C=O) groups is 1. The molecule has 4 aromatic rings. The van der Waals surface area contributed by atoms with Gasteiger partial charge in [-0.15, -0.1) is 0 Å². The van der Waals surface area contributed by atoms with E-state index in [-0.39, 0.29) is 5.91 Å². The molecule has 0 aliphatic carbocycles. The fraction of sp³-hybridized carbons (Fsp3) is 0.167. The number of aromatic amines is 1. The van der Waals surface area contributed by atoms with Crippen molar-refractivity contribution in [2.75, 3.05) is 24.6 Å². The molecule has 0 unspecified atom stereocenters. The summed E-state index contributed by atoms with van der Waals surface area (Å²) in [7, 11) is 0. The van der Waals surface area contributed by atoms with Crippen LogP contribution in [0.1, 0.15) is 10.4 Å². The highest BCUT2D eigenvalue weighted by Crippen LogP contribution is 2.30. The zero-order valence-corrected chi connectivity index (χ0v) is 16.8. The summed E-state index contributed by atoms with van der Waals surface area (Å²) in [6.45, 7) is 1.66. The molecule has 0 bridgehead atoms. The maximum atomic E-state index is 12.7. The summed E-state index contributed by atoms with van der Waals surface area (Å²) in [4.78, 5) is 14.6. The van der Waals surface area contributed by atoms with Crippen LogP contribution in [0.15, 0.2) is 72.8 Å². The Morgan fingerprint density at radius 1 is 0.931 bits per heavy atom. The van der Waals surface area contributed by atoms with Crippen molar-refractivity contribution in [1.82, 2.24) is 15.1 Å². The molecule has 0 spiro atoms. The Bertz CT molecular complexity index is 1150. The molecule has 1 aliphatic heterocycles. The molecule has 0 radical (unpaired) electrons. The first-order valence-corrected chi connectivity index (χ1v) is 11.0. The third-order valence-electron chi connectivity index (χ3n) is 5.38. The number of nitrogens with zero attached hydrogens (tertiary/aromatic N) is 2. The predicted octanol–water partition coefficient (Wildman–Crippen LogP) is 5.09. The van der Waals surface area contributed by atoms with Crippen LogP contribution in [-0.4, -0.2) is 45.6 Å². The molecule has 1 N–H and O–H groups in total. The lowest BCUT2D eigenvalue weighted by Gasteiger charge is -2.26. The summed E-state index contributed by atoms with van der Waals surface area (Å²) < 4.78 is 0. The molecule has 1 amide bonds. The van der Waals surface area contributed by atoms with Gasteiger partial charge in [0.25, 0.3) is 5.91 Å². The van der Waals surface area contributed by atoms with Crippen molar-refractivity contribution in [3.63, 3.8) is 0 Å². The van der Waals surface area contributed by atoms with E-state index in [9.17, 15) is 4.79 Å². The fourth-order valence-corrected chi connectivity index (χ4v) is 4.70. The summed E-state index contributed by atoms with van der Waals surface area (Å²) >= 11 is 1.91. The van der Waals surface area contributed by atoms with E-state index in [1.54, 1.807) is 0 Å². The Hall–Kier alpha value is -3.05. The smallest absolute Gasteiger partial charge is 0.253 e. The average Bonchev–Trinajstić information content (AvgIpc) is 3.29. The van der Waals surface area contributed by atoms with Gasteiger partial charge in [0.1, 0.15) is 0 Å². The Balaban J connectivity index is 1.41. The van der Waals surface area contributed by atoms with Gasteiger partial charge in [-0.25, -0.2) is 0 Å². The SMILES string of the molecule is O=C(c1ccc(-c2cc(-c3cccc4ccccc34)[nH]n2)cc1)N1CCSCC1. The van der Waals surface area contributed by atoms with Crippen molar-refractivity contribution >= 4 is 28.4 Å². The zero-order chi connectivity index (χ0) is 19.6. The molecule has 4 nitrogen and oxygen atoms in total. The first kappa shape index (κ1) is 18.0. The monoisotopic (exact) mass is 399 g/mol. The Kier molecular flexibility index (Phi) is 4.82. The van der Waals surface area contributed by atoms with Crippen LogP contribution in [0.3, 0.4) is 0 Å². The molecule has 1 aromatic heterocycles. The van der Waals surface area contributed by atoms with Crippen molar-refractivity contribution in [3.05, 3.63) is 78.4 Å². The second kappa shape index (κ2) is 7.76. The Labute approximate surface area is 173 Å². The number of benzene rings is 3. The number of aromatic nitrogens is 2. The second-order valence-corrected chi connectivity index (χ2v) is 8.40. The van der Waals surface area contributed by atoms with E-state index in [4.69, 9.17) is 0 Å². The molecule has 5 rings (SSSR count). The van der Waals surface area contributed by atoms with Gasteiger partial charge in [-0.2, -0.15) is 16.9 Å². The average molecular weight is 400 g/mol. The first-order valence-electron chi connectivity index (χ1n) is 9.80. The van der Waals surface area contributed by atoms with Crippen molar-refractivity contribution in [1.29, 1.82) is 0 Å². The highest BCUT2D eigenvalue weighted by atomic mass is 32.2. The van der Waals surface area contributed by atoms with Gasteiger partial charge in [0.15, 0.2) is 0 Å². The number of H-pyrrole nitrogens is 1. The van der Waals surface area contributed by atoms with E-state index in [2.05, 4.69) is 58.7 Å². The lowest BCUT2D eigenvalue weighted by atomic mass is 10.0. The van der Waals surface area contributed by atoms with Gasteiger partial charge in [-0.05, 0) is 29.0 Å². The minimum absolute atomic E-state index is 0.121. The molecule has 3 aromatic carbocycles. The van der Waals surface area contributed by atoms with Gasteiger partial charge < -0.3 is 4.90 Å². The third-order valence-corrected chi connectivity index (χ3v) is 6.33. The van der Waals surface area contributed by atoms with Gasteiger partial charge in [-0.3, -0.25) is 9.89 Å². The van der Waals surface area contributed by atoms with Crippen LogP contribution in [0.4, 0.5) is 0 Å². The Morgan fingerprint density at radius 3 is 2.52 bits per heavy atom. The molecule has 144 valence electrons. The highest BCUT2D eigenvalue weighted by Gasteiger charge is 2.18. The number of nitrogens with one attached hydrogen (secondary N) is 1. The van der Waals surface area contributed by atoms with Crippen molar-refractivity contribution in [2.45, 2.75) is 0 Å². The summed E-state index contributed by atoms with van der Waals surface area (Å²) in [5.41, 5.74) is 4.74. The first-order chi connectivity index (χ1) is 14.3. The lowest BCUT2D eigenvalue weighted by molar-refractivity contribution is 0.0772. The molecule has 1 fully saturated rings. The maximum Gasteiger partial charge on any atom is 0.253 e. The number of carbonyl (C=O) groups excluding carboxylic acids is 1. The van der Waals surface area contributed by atoms with Crippen molar-refractivity contribution < 1.29 is 4.79 Å². The van der Waals surface area contributed by atoms with E-state index >= 15 is 0 Å². The fourth-order valence-electron chi connectivity index (χ4n) is 3.80. The second-order valence-electron chi connectivity index (χ2n) is 7.18. The summed E-state index contributed by atoms with van der Waals surface area (Å²) in [5.74, 6) is 2.16. The van der Waals surface area contributed by atoms with Crippen LogP contribution >= 0.6 is 11.8 Å². The topological polar surface area (TPSA) is 49.0 Å². The summed E-state index contributed by atoms with van der Waals surface area (Å²) in [6.07, 6.45) is 0. The molecular formula is C24H21N3OS. The minimum Gasteiger partial charge on any atom is -0.337 e. The van der Waals surface area contributed by atoms with Gasteiger partial charge in [0.05, 0.1) is 11.4 Å². The van der Waals surface area contributed by atoms with E-state index in [0.29, 0.717) is 0 Å². The molecule has 2 heterocycles. The molecule has 0 saturated carbocycles. The number of hydrogen-bond donors (Lipinski definition) is 1. The quantitative estimate of drug-likeness (QED) is 0.522. The maximum absolute atomic E-state index is 12.7. The third kappa shape index (κ3) is 3.54. The van der Waals surface area contributed by atoms with E-state index in [1.807, 2.05) is 40.9 Å². The van der Waals surface area contributed by atoms with Gasteiger partial charge in [0.2, 0.25) is 0 Å². The van der Waals surface area contributed by atoms with Gasteiger partial charge >= 0.3 is 0 Å². The minimum atomic E-state index is 0.121. The molecule has 29 heavy (non-hydrogen) atoms. The predicted molar refractivity (Wildman–Crippen MR) is 120 cm³/mol. The van der Waals surface area contributed by atoms with Crippen molar-refractivity contribution in [2.24, 2.45) is 0 Å². The van der Waals surface area contributed by atoms with Crippen LogP contribution in [0.5, 0.6) is 0 Å². The van der Waals surface area contributed by atoms with Gasteiger partial charge in [-0.1, -0.05) is 54.6 Å². The van der Waals surface area contributed by atoms with Crippen LogP contribution in [0.2, 0.25) is 0 Å². The van der Waals surface area contributed by atoms with Crippen LogP contribution in [0, 0.1) is 0 Å². The summed E-state index contributed by atoms with van der Waals surface area (Å²) in [5, 5.41) is 10.1. The van der Waals surface area contributed by atoms with Crippen molar-refractivity contribution in [3.8, 4) is 22.5 Å². The molecule has 0 atom stereocenters. The van der Waals surface area contributed by atoms with Crippen LogP contribution < -0.4 is 0 Å². The van der Waals surface area contributed by atoms with Crippen LogP contribution in [-0.2, 0) is 0 Å². The summed E-state index contributed by atoms with van der Waals surface area (Å²) in [6, 6.07) is 24.5. The number of thioether (sulfide) groups is 1. The van der Waals surface area contributed by atoms with Crippen LogP contribution in [0.25, 0.3) is 33.3 Å². The largest absolute Gasteiger partial charge is 0.337 e. The van der Waals surface area contributed by atoms with E-state index < -0.39 is 0 Å². The van der Waals surface area contributed by atoms with E-state index in [0.717, 1.165) is 52.7 Å². The number of fused-ring (bicyclic) bond motifs is 1. The number of amides is 1. The number of hydrogen-bond acceptors (Lipinski definition) is 3. The lowest BCUT2D eigenvalue weighted by Crippen LogP contribution is -2.37. The standard InChI is InChI=1S/C24H21N3OS/c28-24(27-12-14-29-15-13-27)19-10-8-18(9-11-19)22-16-23(26-25-22)21-7-3-5-17-4-1-2-6-20(17)21/h1-11,16H,12-15H2,(H,25,26). The normalized spacial score (nSPS) is 14.3. The number of rotatable bonds is 3. The van der Waals surface area contributed by atoms with Gasteiger partial charge in [0, 0.05) is 41.3 Å².